The van der Waals surface area contributed by atoms with E-state index in [4.69, 9.17) is 16.3 Å². The minimum Gasteiger partial charge on any atom is -0.361 e. The zero-order valence-electron chi connectivity index (χ0n) is 28.4. The molecule has 0 aliphatic heterocycles. The molecule has 2 amide bonds. The van der Waals surface area contributed by atoms with Crippen molar-refractivity contribution in [1.82, 2.24) is 15.0 Å². The van der Waals surface area contributed by atoms with Gasteiger partial charge in [0, 0.05) is 22.8 Å². The number of alkyl halides is 3. The van der Waals surface area contributed by atoms with Gasteiger partial charge in [0.25, 0.3) is 11.8 Å². The molecule has 0 aliphatic carbocycles. The Morgan fingerprint density at radius 2 is 1.53 bits per heavy atom. The predicted octanol–water partition coefficient (Wildman–Crippen LogP) is 9.91. The lowest BCUT2D eigenvalue weighted by molar-refractivity contribution is -0.146. The zero-order valence-corrected chi connectivity index (χ0v) is 30.8. The summed E-state index contributed by atoms with van der Waals surface area (Å²) in [5.41, 5.74) is 6.07. The second kappa shape index (κ2) is 16.5. The Balaban J connectivity index is 0.000000267. The van der Waals surface area contributed by atoms with Crippen molar-refractivity contribution in [1.29, 1.82) is 5.26 Å². The molecule has 0 spiro atoms. The van der Waals surface area contributed by atoms with Crippen molar-refractivity contribution in [3.8, 4) is 17.3 Å². The second-order valence-electron chi connectivity index (χ2n) is 12.2. The molecule has 49 heavy (non-hydrogen) atoms. The van der Waals surface area contributed by atoms with Crippen molar-refractivity contribution in [2.24, 2.45) is 0 Å². The molecule has 0 atom stereocenters. The number of amides is 2. The average Bonchev–Trinajstić information content (AvgIpc) is 3.33. The fourth-order valence-electron chi connectivity index (χ4n) is 4.99. The average molecular weight is 760 g/mol. The standard InChI is InChI=1S/C22H28N2O2.C15H11BrClF3N2O/c1-7-17-8-10-18(11-9-17)20(25)23-24(22(4,5)6)21(26)19-13-15(2)12-16(3)14-19;1-2-23-8-22-13(9-3-5-10(17)6-4-9)11(7-21)12(16)14(22)15(18,19)20/h8-14H,7H2,1-6H3,(H,23,25);3-6H,2,8H2,1H3. The summed E-state index contributed by atoms with van der Waals surface area (Å²) in [7, 11) is 0. The summed E-state index contributed by atoms with van der Waals surface area (Å²) in [5.74, 6) is -0.511. The Hall–Kier alpha value is -4.11. The summed E-state index contributed by atoms with van der Waals surface area (Å²) in [4.78, 5) is 25.7. The van der Waals surface area contributed by atoms with E-state index in [9.17, 15) is 28.0 Å². The van der Waals surface area contributed by atoms with Gasteiger partial charge in [-0.25, -0.2) is 5.01 Å². The van der Waals surface area contributed by atoms with Crippen LogP contribution in [0.2, 0.25) is 5.02 Å². The lowest BCUT2D eigenvalue weighted by Crippen LogP contribution is -2.55. The minimum absolute atomic E-state index is 0.0978. The Bertz CT molecular complexity index is 1800. The van der Waals surface area contributed by atoms with E-state index < -0.39 is 17.4 Å². The number of benzene rings is 3. The van der Waals surface area contributed by atoms with E-state index in [2.05, 4.69) is 28.3 Å². The number of ether oxygens (including phenoxy) is 1. The number of nitrogens with zero attached hydrogens (tertiary/aromatic N) is 3. The van der Waals surface area contributed by atoms with Gasteiger partial charge in [0.05, 0.1) is 21.3 Å². The molecule has 0 aliphatic rings. The van der Waals surface area contributed by atoms with Crippen LogP contribution in [0.4, 0.5) is 13.2 Å². The normalized spacial score (nSPS) is 11.3. The lowest BCUT2D eigenvalue weighted by Gasteiger charge is -2.35. The fourth-order valence-corrected chi connectivity index (χ4v) is 5.84. The first kappa shape index (κ1) is 39.3. The van der Waals surface area contributed by atoms with Crippen molar-refractivity contribution in [2.75, 3.05) is 6.61 Å². The van der Waals surface area contributed by atoms with Crippen LogP contribution in [-0.4, -0.2) is 33.5 Å². The van der Waals surface area contributed by atoms with Crippen molar-refractivity contribution >= 4 is 39.3 Å². The van der Waals surface area contributed by atoms with E-state index in [0.29, 0.717) is 21.7 Å². The second-order valence-corrected chi connectivity index (χ2v) is 13.5. The van der Waals surface area contributed by atoms with Crippen molar-refractivity contribution < 1.29 is 27.5 Å². The summed E-state index contributed by atoms with van der Waals surface area (Å²) in [6, 6.07) is 21.2. The number of carbonyl (C=O) groups excluding carboxylic acids is 2. The maximum Gasteiger partial charge on any atom is 0.432 e. The third-order valence-corrected chi connectivity index (χ3v) is 8.33. The van der Waals surface area contributed by atoms with Gasteiger partial charge in [-0.1, -0.05) is 60.0 Å². The van der Waals surface area contributed by atoms with E-state index in [-0.39, 0.29) is 40.9 Å². The molecule has 4 aromatic rings. The molecule has 1 heterocycles. The summed E-state index contributed by atoms with van der Waals surface area (Å²) < 4.78 is 46.0. The largest absolute Gasteiger partial charge is 0.432 e. The highest BCUT2D eigenvalue weighted by Crippen LogP contribution is 2.43. The maximum absolute atomic E-state index is 13.4. The van der Waals surface area contributed by atoms with Crippen LogP contribution in [0.25, 0.3) is 11.3 Å². The number of hydrogen-bond acceptors (Lipinski definition) is 4. The molecule has 3 aromatic carbocycles. The van der Waals surface area contributed by atoms with Crippen LogP contribution in [0.3, 0.4) is 0 Å². The Morgan fingerprint density at radius 1 is 0.959 bits per heavy atom. The summed E-state index contributed by atoms with van der Waals surface area (Å²) in [6.07, 6.45) is -3.71. The Kier molecular flexibility index (Phi) is 13.3. The first-order chi connectivity index (χ1) is 22.9. The highest BCUT2D eigenvalue weighted by atomic mass is 79.9. The molecule has 0 saturated heterocycles. The van der Waals surface area contributed by atoms with E-state index in [1.807, 2.05) is 71.0 Å². The number of nitriles is 1. The molecule has 4 rings (SSSR count). The monoisotopic (exact) mass is 758 g/mol. The molecule has 0 radical (unpaired) electrons. The minimum atomic E-state index is -4.63. The van der Waals surface area contributed by atoms with E-state index in [1.54, 1.807) is 43.3 Å². The zero-order chi connectivity index (χ0) is 36.7. The molecule has 7 nitrogen and oxygen atoms in total. The van der Waals surface area contributed by atoms with Crippen LogP contribution in [0.5, 0.6) is 0 Å². The molecule has 0 bridgehead atoms. The van der Waals surface area contributed by atoms with Gasteiger partial charge in [-0.2, -0.15) is 18.4 Å². The van der Waals surface area contributed by atoms with Crippen LogP contribution < -0.4 is 5.43 Å². The maximum atomic E-state index is 13.4. The number of halogens is 5. The smallest absolute Gasteiger partial charge is 0.361 e. The van der Waals surface area contributed by atoms with Crippen LogP contribution in [0, 0.1) is 25.2 Å². The fraction of sp³-hybridized carbons (Fsp3) is 0.324. The van der Waals surface area contributed by atoms with Gasteiger partial charge in [-0.3, -0.25) is 15.0 Å². The number of nitrogens with one attached hydrogen (secondary N) is 1. The molecule has 0 unspecified atom stereocenters. The van der Waals surface area contributed by atoms with Gasteiger partial charge < -0.3 is 9.30 Å². The highest BCUT2D eigenvalue weighted by Gasteiger charge is 2.41. The van der Waals surface area contributed by atoms with Crippen LogP contribution >= 0.6 is 27.5 Å². The van der Waals surface area contributed by atoms with Gasteiger partial charge in [0.1, 0.15) is 18.5 Å². The summed E-state index contributed by atoms with van der Waals surface area (Å²) in [5, 5.41) is 11.2. The molecule has 0 fully saturated rings. The quantitative estimate of drug-likeness (QED) is 0.190. The number of aromatic nitrogens is 1. The third-order valence-electron chi connectivity index (χ3n) is 7.31. The topological polar surface area (TPSA) is 87.4 Å². The number of hydrogen-bond donors (Lipinski definition) is 1. The van der Waals surface area contributed by atoms with Crippen LogP contribution in [-0.2, 0) is 24.1 Å². The van der Waals surface area contributed by atoms with Crippen LogP contribution in [0.1, 0.15) is 83.3 Å². The van der Waals surface area contributed by atoms with Gasteiger partial charge in [-0.05, 0) is 111 Å². The first-order valence-corrected chi connectivity index (χ1v) is 16.7. The van der Waals surface area contributed by atoms with E-state index in [1.165, 1.54) is 10.6 Å². The Labute approximate surface area is 298 Å². The third kappa shape index (κ3) is 9.97. The van der Waals surface area contributed by atoms with Crippen LogP contribution in [0.15, 0.2) is 71.2 Å². The summed E-state index contributed by atoms with van der Waals surface area (Å²) in [6.45, 7) is 13.3. The van der Waals surface area contributed by atoms with Crippen molar-refractivity contribution in [3.05, 3.63) is 115 Å². The molecule has 260 valence electrons. The van der Waals surface area contributed by atoms with E-state index >= 15 is 0 Å². The van der Waals surface area contributed by atoms with Gasteiger partial charge in [0.2, 0.25) is 0 Å². The lowest BCUT2D eigenvalue weighted by atomic mass is 10.0. The highest BCUT2D eigenvalue weighted by molar-refractivity contribution is 9.10. The van der Waals surface area contributed by atoms with E-state index in [0.717, 1.165) is 22.1 Å². The van der Waals surface area contributed by atoms with Gasteiger partial charge in [-0.15, -0.1) is 0 Å². The first-order valence-electron chi connectivity index (χ1n) is 15.5. The molecular weight excluding hydrogens is 721 g/mol. The molecule has 1 aromatic heterocycles. The predicted molar refractivity (Wildman–Crippen MR) is 189 cm³/mol. The molecule has 12 heteroatoms. The SMILES string of the molecule is CCOCn1c(-c2ccc(Cl)cc2)c(C#N)c(Br)c1C(F)(F)F.CCc1ccc(C(=O)NN(C(=O)c2cc(C)cc(C)c2)C(C)(C)C)cc1. The van der Waals surface area contributed by atoms with Gasteiger partial charge in [0.15, 0.2) is 0 Å². The number of carbonyl (C=O) groups is 2. The Morgan fingerprint density at radius 3 is 2.00 bits per heavy atom. The molecular formula is C37H39BrClF3N4O3. The number of hydrazine groups is 1. The number of aryl methyl sites for hydroxylation is 3. The summed E-state index contributed by atoms with van der Waals surface area (Å²) >= 11 is 8.73. The molecule has 0 saturated carbocycles. The van der Waals surface area contributed by atoms with Crippen molar-refractivity contribution in [3.63, 3.8) is 0 Å². The number of rotatable bonds is 7. The van der Waals surface area contributed by atoms with Gasteiger partial charge >= 0.3 is 6.18 Å². The van der Waals surface area contributed by atoms with Crippen molar-refractivity contribution in [2.45, 2.75) is 73.3 Å². The molecule has 1 N–H and O–H groups in total.